The third-order valence-corrected chi connectivity index (χ3v) is 3.94. The summed E-state index contributed by atoms with van der Waals surface area (Å²) in [6.07, 6.45) is 2.03. The van der Waals surface area contributed by atoms with Gasteiger partial charge in [0, 0.05) is 5.02 Å². The molecule has 0 saturated heterocycles. The average molecular weight is 349 g/mol. The van der Waals surface area contributed by atoms with Crippen molar-refractivity contribution in [1.29, 1.82) is 0 Å². The Morgan fingerprint density at radius 1 is 0.840 bits per heavy atom. The molecule has 3 rings (SSSR count). The van der Waals surface area contributed by atoms with Crippen molar-refractivity contribution in [3.8, 4) is 0 Å². The van der Waals surface area contributed by atoms with Crippen LogP contribution in [0.4, 0.5) is 0 Å². The smallest absolute Gasteiger partial charge is 0.338 e. The van der Waals surface area contributed by atoms with Gasteiger partial charge in [-0.2, -0.15) is 0 Å². The molecule has 3 aromatic rings. The Morgan fingerprint density at radius 2 is 1.48 bits per heavy atom. The van der Waals surface area contributed by atoms with Crippen LogP contribution in [-0.2, 0) is 4.74 Å². The first kappa shape index (κ1) is 17.0. The van der Waals surface area contributed by atoms with E-state index in [1.54, 1.807) is 24.3 Å². The van der Waals surface area contributed by atoms with Crippen LogP contribution in [0.15, 0.2) is 84.9 Å². The highest BCUT2D eigenvalue weighted by Gasteiger charge is 2.10. The number of benzene rings is 3. The second-order valence-corrected chi connectivity index (χ2v) is 5.97. The molecule has 0 aliphatic carbocycles. The highest BCUT2D eigenvalue weighted by atomic mass is 35.5. The lowest BCUT2D eigenvalue weighted by atomic mass is 10.0. The number of carbonyl (C=O) groups excluding carboxylic acids is 1. The molecule has 3 heteroatoms. The quantitative estimate of drug-likeness (QED) is 0.434. The van der Waals surface area contributed by atoms with Crippen molar-refractivity contribution >= 4 is 29.2 Å². The first-order valence-electron chi connectivity index (χ1n) is 7.96. The molecule has 0 bridgehead atoms. The second-order valence-electron chi connectivity index (χ2n) is 5.53. The molecule has 2 nitrogen and oxygen atoms in total. The van der Waals surface area contributed by atoms with Crippen LogP contribution in [0, 0.1) is 0 Å². The minimum absolute atomic E-state index is 0.185. The zero-order valence-electron chi connectivity index (χ0n) is 13.6. The Morgan fingerprint density at radius 3 is 2.16 bits per heavy atom. The molecule has 25 heavy (non-hydrogen) atoms. The number of esters is 1. The summed E-state index contributed by atoms with van der Waals surface area (Å²) >= 11 is 5.94. The van der Waals surface area contributed by atoms with E-state index in [2.05, 4.69) is 0 Å². The van der Waals surface area contributed by atoms with Crippen molar-refractivity contribution in [2.45, 2.75) is 0 Å². The lowest BCUT2D eigenvalue weighted by Gasteiger charge is -2.10. The van der Waals surface area contributed by atoms with Gasteiger partial charge in [-0.25, -0.2) is 4.79 Å². The summed E-state index contributed by atoms with van der Waals surface area (Å²) in [5.74, 6) is -0.391. The van der Waals surface area contributed by atoms with Crippen molar-refractivity contribution < 1.29 is 9.53 Å². The predicted octanol–water partition coefficient (Wildman–Crippen LogP) is 5.74. The Balaban J connectivity index is 1.81. The summed E-state index contributed by atoms with van der Waals surface area (Å²) in [5.41, 5.74) is 3.45. The third kappa shape index (κ3) is 4.82. The van der Waals surface area contributed by atoms with Gasteiger partial charge in [-0.15, -0.1) is 0 Å². The molecule has 0 unspecified atom stereocenters. The molecule has 124 valence electrons. The first-order valence-corrected chi connectivity index (χ1v) is 8.34. The van der Waals surface area contributed by atoms with Gasteiger partial charge >= 0.3 is 5.97 Å². The van der Waals surface area contributed by atoms with Crippen molar-refractivity contribution in [3.63, 3.8) is 0 Å². The van der Waals surface area contributed by atoms with Gasteiger partial charge in [-0.05, 0) is 41.0 Å². The second kappa shape index (κ2) is 8.32. The van der Waals surface area contributed by atoms with Crippen LogP contribution < -0.4 is 0 Å². The van der Waals surface area contributed by atoms with Crippen molar-refractivity contribution in [2.24, 2.45) is 0 Å². The maximum absolute atomic E-state index is 12.3. The standard InChI is InChI=1S/C22H17ClO2/c23-21-13-7-12-19(15-21)22(24)25-16-20(18-10-5-2-6-11-18)14-17-8-3-1-4-9-17/h1-15H,16H2/b20-14-. The number of halogens is 1. The lowest BCUT2D eigenvalue weighted by molar-refractivity contribution is 0.0557. The van der Waals surface area contributed by atoms with E-state index in [-0.39, 0.29) is 6.61 Å². The van der Waals surface area contributed by atoms with Gasteiger partial charge < -0.3 is 4.74 Å². The van der Waals surface area contributed by atoms with Gasteiger partial charge in [0.05, 0.1) is 5.56 Å². The van der Waals surface area contributed by atoms with E-state index < -0.39 is 5.97 Å². The molecule has 0 N–H and O–H groups in total. The van der Waals surface area contributed by atoms with E-state index in [0.717, 1.165) is 16.7 Å². The highest BCUT2D eigenvalue weighted by molar-refractivity contribution is 6.30. The summed E-state index contributed by atoms with van der Waals surface area (Å²) in [6, 6.07) is 26.6. The molecule has 0 aliphatic rings. The average Bonchev–Trinajstić information content (AvgIpc) is 2.66. The van der Waals surface area contributed by atoms with Crippen LogP contribution in [0.25, 0.3) is 11.6 Å². The molecule has 0 saturated carbocycles. The molecule has 0 heterocycles. The molecule has 0 aliphatic heterocycles. The van der Waals surface area contributed by atoms with Gasteiger partial charge in [-0.1, -0.05) is 78.3 Å². The Labute approximate surface area is 152 Å². The van der Waals surface area contributed by atoms with E-state index in [1.165, 1.54) is 0 Å². The maximum Gasteiger partial charge on any atom is 0.338 e. The molecular weight excluding hydrogens is 332 g/mol. The number of hydrogen-bond acceptors (Lipinski definition) is 2. The molecule has 0 radical (unpaired) electrons. The van der Waals surface area contributed by atoms with E-state index in [4.69, 9.17) is 16.3 Å². The topological polar surface area (TPSA) is 26.3 Å². The fourth-order valence-electron chi connectivity index (χ4n) is 2.45. The zero-order chi connectivity index (χ0) is 17.5. The monoisotopic (exact) mass is 348 g/mol. The summed E-state index contributed by atoms with van der Waals surface area (Å²) in [5, 5.41) is 0.512. The Hall–Kier alpha value is -2.84. The zero-order valence-corrected chi connectivity index (χ0v) is 14.3. The lowest BCUT2D eigenvalue weighted by Crippen LogP contribution is -2.07. The van der Waals surface area contributed by atoms with E-state index in [9.17, 15) is 4.79 Å². The van der Waals surface area contributed by atoms with Crippen molar-refractivity contribution in [2.75, 3.05) is 6.61 Å². The SMILES string of the molecule is O=C(OC/C(=C/c1ccccc1)c1ccccc1)c1cccc(Cl)c1. The number of ether oxygens (including phenoxy) is 1. The maximum atomic E-state index is 12.3. The predicted molar refractivity (Wildman–Crippen MR) is 102 cm³/mol. The molecule has 3 aromatic carbocycles. The molecule has 0 amide bonds. The molecule has 0 fully saturated rings. The fourth-order valence-corrected chi connectivity index (χ4v) is 2.64. The highest BCUT2D eigenvalue weighted by Crippen LogP contribution is 2.20. The van der Waals surface area contributed by atoms with Gasteiger partial charge in [0.2, 0.25) is 0 Å². The van der Waals surface area contributed by atoms with E-state index in [1.807, 2.05) is 66.7 Å². The molecular formula is C22H17ClO2. The Bertz CT molecular complexity index is 871. The Kier molecular flexibility index (Phi) is 5.65. The molecule has 0 spiro atoms. The van der Waals surface area contributed by atoms with Crippen LogP contribution in [-0.4, -0.2) is 12.6 Å². The van der Waals surface area contributed by atoms with E-state index >= 15 is 0 Å². The van der Waals surface area contributed by atoms with Gasteiger partial charge in [0.1, 0.15) is 6.61 Å². The number of hydrogen-bond donors (Lipinski definition) is 0. The summed E-state index contributed by atoms with van der Waals surface area (Å²) < 4.78 is 5.51. The van der Waals surface area contributed by atoms with Gasteiger partial charge in [-0.3, -0.25) is 0 Å². The first-order chi connectivity index (χ1) is 12.2. The normalized spacial score (nSPS) is 11.2. The molecule has 0 atom stereocenters. The van der Waals surface area contributed by atoms with Gasteiger partial charge in [0.25, 0.3) is 0 Å². The number of carbonyl (C=O) groups is 1. The largest absolute Gasteiger partial charge is 0.457 e. The molecule has 0 aromatic heterocycles. The van der Waals surface area contributed by atoms with Crippen LogP contribution in [0.1, 0.15) is 21.5 Å². The third-order valence-electron chi connectivity index (χ3n) is 3.70. The fraction of sp³-hybridized carbons (Fsp3) is 0.0455. The van der Waals surface area contributed by atoms with Crippen molar-refractivity contribution in [1.82, 2.24) is 0 Å². The van der Waals surface area contributed by atoms with Crippen molar-refractivity contribution in [3.05, 3.63) is 107 Å². The minimum Gasteiger partial charge on any atom is -0.457 e. The van der Waals surface area contributed by atoms with Crippen LogP contribution in [0.2, 0.25) is 5.02 Å². The summed E-state index contributed by atoms with van der Waals surface area (Å²) in [4.78, 5) is 12.3. The number of rotatable bonds is 5. The van der Waals surface area contributed by atoms with Crippen LogP contribution >= 0.6 is 11.6 Å². The summed E-state index contributed by atoms with van der Waals surface area (Å²) in [6.45, 7) is 0.185. The van der Waals surface area contributed by atoms with Crippen LogP contribution in [0.3, 0.4) is 0 Å². The van der Waals surface area contributed by atoms with Gasteiger partial charge in [0.15, 0.2) is 0 Å². The van der Waals surface area contributed by atoms with Crippen LogP contribution in [0.5, 0.6) is 0 Å². The minimum atomic E-state index is -0.391. The summed E-state index contributed by atoms with van der Waals surface area (Å²) in [7, 11) is 0. The van der Waals surface area contributed by atoms with E-state index in [0.29, 0.717) is 10.6 Å².